The molecule has 1 aliphatic carbocycles. The van der Waals surface area contributed by atoms with E-state index in [0.29, 0.717) is 5.92 Å². The number of carbonyl (C=O) groups is 1. The molecule has 2 aliphatic rings. The molecule has 0 spiro atoms. The monoisotopic (exact) mass is 315 g/mol. The first-order valence-corrected chi connectivity index (χ1v) is 9.08. The van der Waals surface area contributed by atoms with E-state index < -0.39 is 0 Å². The number of rotatable bonds is 2. The van der Waals surface area contributed by atoms with Crippen LogP contribution >= 0.6 is 11.3 Å². The van der Waals surface area contributed by atoms with Gasteiger partial charge in [-0.2, -0.15) is 0 Å². The zero-order chi connectivity index (χ0) is 14.9. The van der Waals surface area contributed by atoms with E-state index in [9.17, 15) is 4.79 Å². The van der Waals surface area contributed by atoms with Crippen LogP contribution in [0.15, 0.2) is 17.8 Å². The van der Waals surface area contributed by atoms with Gasteiger partial charge in [-0.1, -0.05) is 0 Å². The fraction of sp³-hybridized carbons (Fsp3) is 0.529. The summed E-state index contributed by atoms with van der Waals surface area (Å²) in [5.41, 5.74) is 2.31. The lowest BCUT2D eigenvalue weighted by Gasteiger charge is -2.32. The molecular weight excluding hydrogens is 294 g/mol. The van der Waals surface area contributed by atoms with Gasteiger partial charge in [-0.05, 0) is 44.1 Å². The van der Waals surface area contributed by atoms with E-state index in [4.69, 9.17) is 0 Å². The summed E-state index contributed by atoms with van der Waals surface area (Å²) in [7, 11) is 0. The van der Waals surface area contributed by atoms with Crippen molar-refractivity contribution in [2.24, 2.45) is 0 Å². The van der Waals surface area contributed by atoms with Crippen LogP contribution in [0.3, 0.4) is 0 Å². The summed E-state index contributed by atoms with van der Waals surface area (Å²) in [6.07, 6.45) is 10.6. The number of hydrogen-bond donors (Lipinski definition) is 1. The number of H-pyrrole nitrogens is 1. The van der Waals surface area contributed by atoms with Gasteiger partial charge < -0.3 is 9.88 Å². The molecule has 0 radical (unpaired) electrons. The van der Waals surface area contributed by atoms with Gasteiger partial charge >= 0.3 is 0 Å². The van der Waals surface area contributed by atoms with Crippen LogP contribution in [0.4, 0.5) is 0 Å². The Bertz CT molecular complexity index is 662. The predicted molar refractivity (Wildman–Crippen MR) is 87.4 cm³/mol. The predicted octanol–water partition coefficient (Wildman–Crippen LogP) is 3.37. The average Bonchev–Trinajstić information content (AvgIpc) is 3.24. The van der Waals surface area contributed by atoms with Crippen molar-refractivity contribution in [3.63, 3.8) is 0 Å². The van der Waals surface area contributed by atoms with Gasteiger partial charge in [0.1, 0.15) is 5.82 Å². The quantitative estimate of drug-likeness (QED) is 0.923. The van der Waals surface area contributed by atoms with Gasteiger partial charge in [0.2, 0.25) is 0 Å². The van der Waals surface area contributed by atoms with Gasteiger partial charge in [0.15, 0.2) is 0 Å². The minimum absolute atomic E-state index is 0.232. The Morgan fingerprint density at radius 1 is 1.32 bits per heavy atom. The van der Waals surface area contributed by atoms with Gasteiger partial charge in [0.25, 0.3) is 5.91 Å². The summed E-state index contributed by atoms with van der Waals surface area (Å²) in [4.78, 5) is 24.0. The number of nitrogens with zero attached hydrogens (tertiary/aromatic N) is 2. The number of carbonyl (C=O) groups excluding carboxylic acids is 1. The molecule has 1 aliphatic heterocycles. The van der Waals surface area contributed by atoms with E-state index in [1.165, 1.54) is 23.3 Å². The highest BCUT2D eigenvalue weighted by Gasteiger charge is 2.29. The van der Waals surface area contributed by atoms with Crippen LogP contribution in [-0.4, -0.2) is 33.9 Å². The first kappa shape index (κ1) is 14.0. The third-order valence-corrected chi connectivity index (χ3v) is 6.00. The molecule has 0 saturated carbocycles. The van der Waals surface area contributed by atoms with Crippen molar-refractivity contribution in [1.29, 1.82) is 0 Å². The minimum Gasteiger partial charge on any atom is -0.348 e. The smallest absolute Gasteiger partial charge is 0.255 e. The normalized spacial score (nSPS) is 21.6. The summed E-state index contributed by atoms with van der Waals surface area (Å²) in [5.74, 6) is 1.60. The lowest BCUT2D eigenvalue weighted by molar-refractivity contribution is 0.0704. The van der Waals surface area contributed by atoms with Crippen molar-refractivity contribution in [1.82, 2.24) is 14.9 Å². The van der Waals surface area contributed by atoms with Gasteiger partial charge in [0, 0.05) is 41.7 Å². The zero-order valence-electron chi connectivity index (χ0n) is 12.7. The minimum atomic E-state index is 0.232. The highest BCUT2D eigenvalue weighted by Crippen LogP contribution is 2.32. The topological polar surface area (TPSA) is 49.0 Å². The number of likely N-dealkylation sites (tertiary alicyclic amines) is 1. The molecule has 22 heavy (non-hydrogen) atoms. The van der Waals surface area contributed by atoms with Crippen molar-refractivity contribution < 1.29 is 4.79 Å². The second-order valence-electron chi connectivity index (χ2n) is 6.32. The summed E-state index contributed by atoms with van der Waals surface area (Å²) in [5, 5.41) is 2.09. The van der Waals surface area contributed by atoms with Crippen LogP contribution < -0.4 is 0 Å². The third kappa shape index (κ3) is 2.47. The lowest BCUT2D eigenvalue weighted by Crippen LogP contribution is -2.39. The van der Waals surface area contributed by atoms with Crippen molar-refractivity contribution in [3.05, 3.63) is 39.6 Å². The first-order chi connectivity index (χ1) is 10.8. The maximum atomic E-state index is 12.9. The van der Waals surface area contributed by atoms with E-state index in [1.54, 1.807) is 17.5 Å². The largest absolute Gasteiger partial charge is 0.348 e. The number of thiophene rings is 1. The molecule has 2 aromatic heterocycles. The molecule has 5 heteroatoms. The molecule has 4 rings (SSSR count). The van der Waals surface area contributed by atoms with Gasteiger partial charge in [-0.3, -0.25) is 4.79 Å². The van der Waals surface area contributed by atoms with Crippen molar-refractivity contribution in [2.75, 3.05) is 13.1 Å². The molecule has 1 atom stereocenters. The number of nitrogens with one attached hydrogen (secondary N) is 1. The number of amides is 1. The third-order valence-electron chi connectivity index (χ3n) is 4.91. The maximum Gasteiger partial charge on any atom is 0.255 e. The molecule has 3 heterocycles. The number of aryl methyl sites for hydroxylation is 1. The first-order valence-electron chi connectivity index (χ1n) is 8.20. The van der Waals surface area contributed by atoms with Crippen LogP contribution in [-0.2, 0) is 12.8 Å². The number of aromatic nitrogens is 2. The Balaban J connectivity index is 1.54. The van der Waals surface area contributed by atoms with Crippen LogP contribution in [0.1, 0.15) is 58.2 Å². The molecule has 2 aromatic rings. The van der Waals surface area contributed by atoms with E-state index in [0.717, 1.165) is 50.2 Å². The number of fused-ring (bicyclic) bond motifs is 1. The van der Waals surface area contributed by atoms with Crippen LogP contribution in [0, 0.1) is 0 Å². The molecular formula is C17H21N3OS. The van der Waals surface area contributed by atoms with Crippen LogP contribution in [0.25, 0.3) is 0 Å². The SMILES string of the molecule is O=C(c1csc2c1CCCC2)N1CCC[C@@H](c2ncc[nH]2)C1. The number of imidazole rings is 1. The Labute approximate surface area is 134 Å². The van der Waals surface area contributed by atoms with Crippen molar-refractivity contribution in [2.45, 2.75) is 44.4 Å². The number of piperidine rings is 1. The highest BCUT2D eigenvalue weighted by atomic mass is 32.1. The second kappa shape index (κ2) is 5.88. The summed E-state index contributed by atoms with van der Waals surface area (Å²) in [6, 6.07) is 0. The van der Waals surface area contributed by atoms with Gasteiger partial charge in [0.05, 0.1) is 5.56 Å². The molecule has 0 unspecified atom stereocenters. The zero-order valence-corrected chi connectivity index (χ0v) is 13.5. The Hall–Kier alpha value is -1.62. The molecule has 4 nitrogen and oxygen atoms in total. The van der Waals surface area contributed by atoms with E-state index in [-0.39, 0.29) is 5.91 Å². The number of hydrogen-bond acceptors (Lipinski definition) is 3. The number of aromatic amines is 1. The van der Waals surface area contributed by atoms with Crippen LogP contribution in [0.2, 0.25) is 0 Å². The highest BCUT2D eigenvalue weighted by molar-refractivity contribution is 7.10. The van der Waals surface area contributed by atoms with E-state index in [1.807, 2.05) is 11.1 Å². The second-order valence-corrected chi connectivity index (χ2v) is 7.29. The molecule has 0 aromatic carbocycles. The summed E-state index contributed by atoms with van der Waals surface area (Å²) < 4.78 is 0. The summed E-state index contributed by atoms with van der Waals surface area (Å²) in [6.45, 7) is 1.66. The molecule has 116 valence electrons. The Morgan fingerprint density at radius 2 is 2.23 bits per heavy atom. The summed E-state index contributed by atoms with van der Waals surface area (Å²) >= 11 is 1.78. The molecule has 1 saturated heterocycles. The Kier molecular flexibility index (Phi) is 3.74. The van der Waals surface area contributed by atoms with E-state index >= 15 is 0 Å². The van der Waals surface area contributed by atoms with Gasteiger partial charge in [-0.15, -0.1) is 11.3 Å². The van der Waals surface area contributed by atoms with Crippen LogP contribution in [0.5, 0.6) is 0 Å². The molecule has 1 amide bonds. The van der Waals surface area contributed by atoms with E-state index in [2.05, 4.69) is 15.3 Å². The standard InChI is InChI=1S/C17H21N3OS/c21-17(14-11-22-15-6-2-1-5-13(14)15)20-9-3-4-12(10-20)16-18-7-8-19-16/h7-8,11-12H,1-6,9-10H2,(H,18,19)/t12-/m1/s1. The van der Waals surface area contributed by atoms with Gasteiger partial charge in [-0.25, -0.2) is 4.98 Å². The molecule has 1 fully saturated rings. The average molecular weight is 315 g/mol. The molecule has 1 N–H and O–H groups in total. The molecule has 0 bridgehead atoms. The lowest BCUT2D eigenvalue weighted by atomic mass is 9.93. The fourth-order valence-electron chi connectivity index (χ4n) is 3.73. The maximum absolute atomic E-state index is 12.9. The Morgan fingerprint density at radius 3 is 3.09 bits per heavy atom. The fourth-order valence-corrected chi connectivity index (χ4v) is 4.85. The van der Waals surface area contributed by atoms with Crippen molar-refractivity contribution in [3.8, 4) is 0 Å². The van der Waals surface area contributed by atoms with Crippen molar-refractivity contribution >= 4 is 17.2 Å².